The van der Waals surface area contributed by atoms with E-state index in [4.69, 9.17) is 24.3 Å². The van der Waals surface area contributed by atoms with Gasteiger partial charge in [-0.1, -0.05) is 145 Å². The number of esters is 1. The van der Waals surface area contributed by atoms with Crippen molar-refractivity contribution in [1.82, 2.24) is 0 Å². The van der Waals surface area contributed by atoms with Crippen LogP contribution in [-0.2, 0) is 27.9 Å². The number of rotatable bonds is 37. The van der Waals surface area contributed by atoms with Crippen molar-refractivity contribution in [2.45, 2.75) is 155 Å². The summed E-state index contributed by atoms with van der Waals surface area (Å²) in [6, 6.07) is 0. The second-order valence-electron chi connectivity index (χ2n) is 12.8. The summed E-state index contributed by atoms with van der Waals surface area (Å²) in [6.45, 7) is 4.54. The first-order valence-electron chi connectivity index (χ1n) is 19.9. The molecule has 0 fully saturated rings. The molecule has 9 heteroatoms. The molecule has 3 N–H and O–H groups in total. The first kappa shape index (κ1) is 48.9. The van der Waals surface area contributed by atoms with E-state index < -0.39 is 13.9 Å². The zero-order valence-corrected chi connectivity index (χ0v) is 33.2. The van der Waals surface area contributed by atoms with Gasteiger partial charge in [-0.15, -0.1) is 0 Å². The number of phosphoric acid groups is 1. The quantitative estimate of drug-likeness (QED) is 0.0280. The number of nitrogens with two attached hydrogens (primary N) is 1. The van der Waals surface area contributed by atoms with Crippen LogP contribution >= 0.6 is 7.82 Å². The van der Waals surface area contributed by atoms with Crippen LogP contribution in [0.2, 0.25) is 0 Å². The second-order valence-corrected chi connectivity index (χ2v) is 14.2. The van der Waals surface area contributed by atoms with Crippen LogP contribution in [0.25, 0.3) is 0 Å². The number of allylic oxidation sites excluding steroid dienone is 11. The van der Waals surface area contributed by atoms with Gasteiger partial charge in [-0.25, -0.2) is 4.57 Å². The summed E-state index contributed by atoms with van der Waals surface area (Å²) in [4.78, 5) is 22.4. The van der Waals surface area contributed by atoms with Gasteiger partial charge in [-0.3, -0.25) is 13.8 Å². The molecule has 0 spiro atoms. The van der Waals surface area contributed by atoms with E-state index >= 15 is 0 Å². The highest BCUT2D eigenvalue weighted by molar-refractivity contribution is 7.47. The smallest absolute Gasteiger partial charge is 0.457 e. The fraction of sp³-hybridized carbons (Fsp3) is 0.690. The van der Waals surface area contributed by atoms with Crippen LogP contribution in [0.1, 0.15) is 149 Å². The molecule has 0 radical (unpaired) electrons. The minimum absolute atomic E-state index is 0.0554. The molecule has 0 bridgehead atoms. The Morgan fingerprint density at radius 1 is 0.608 bits per heavy atom. The summed E-state index contributed by atoms with van der Waals surface area (Å²) in [5.41, 5.74) is 5.35. The lowest BCUT2D eigenvalue weighted by Gasteiger charge is -2.19. The largest absolute Gasteiger partial charge is 0.472 e. The van der Waals surface area contributed by atoms with E-state index in [2.05, 4.69) is 80.7 Å². The van der Waals surface area contributed by atoms with Crippen molar-refractivity contribution in [3.63, 3.8) is 0 Å². The Hall–Kier alpha value is -2.06. The monoisotopic (exact) mass is 736 g/mol. The van der Waals surface area contributed by atoms with Crippen molar-refractivity contribution >= 4 is 13.8 Å². The van der Waals surface area contributed by atoms with Crippen molar-refractivity contribution in [2.24, 2.45) is 5.73 Å². The van der Waals surface area contributed by atoms with E-state index in [0.717, 1.165) is 64.2 Å². The van der Waals surface area contributed by atoms with Gasteiger partial charge in [0, 0.05) is 13.0 Å². The zero-order chi connectivity index (χ0) is 37.4. The predicted octanol–water partition coefficient (Wildman–Crippen LogP) is 11.6. The molecular weight excluding hydrogens is 661 g/mol. The molecule has 0 aromatic carbocycles. The Bertz CT molecular complexity index is 1010. The first-order chi connectivity index (χ1) is 24.9. The van der Waals surface area contributed by atoms with Gasteiger partial charge < -0.3 is 20.1 Å². The fourth-order valence-electron chi connectivity index (χ4n) is 5.00. The van der Waals surface area contributed by atoms with Crippen LogP contribution in [-0.4, -0.2) is 49.9 Å². The number of carbonyl (C=O) groups excluding carboxylic acids is 1. The minimum atomic E-state index is -4.30. The van der Waals surface area contributed by atoms with Gasteiger partial charge in [0.15, 0.2) is 0 Å². The van der Waals surface area contributed by atoms with Crippen molar-refractivity contribution in [3.05, 3.63) is 72.9 Å². The average Bonchev–Trinajstić information content (AvgIpc) is 3.12. The lowest BCUT2D eigenvalue weighted by molar-refractivity contribution is -0.154. The van der Waals surface area contributed by atoms with Gasteiger partial charge in [-0.05, 0) is 70.6 Å². The number of unbranched alkanes of at least 4 members (excludes halogenated alkanes) is 12. The number of carbonyl (C=O) groups is 1. The SMILES string of the molecule is CC/C=C\C/C=C\C/C=C\C/C=C\C/C=C\CCOCC(COP(=O)(O)OCCN)OC(=O)CCCCCCC/C=C\CCCCCCCCC. The third kappa shape index (κ3) is 39.0. The highest BCUT2D eigenvalue weighted by Gasteiger charge is 2.25. The maximum atomic E-state index is 12.5. The molecule has 0 saturated carbocycles. The van der Waals surface area contributed by atoms with Gasteiger partial charge in [0.05, 0.1) is 26.4 Å². The van der Waals surface area contributed by atoms with Crippen LogP contribution in [0.3, 0.4) is 0 Å². The second kappa shape index (κ2) is 39.2. The molecule has 0 aliphatic rings. The lowest BCUT2D eigenvalue weighted by atomic mass is 10.1. The van der Waals surface area contributed by atoms with E-state index in [1.54, 1.807) is 0 Å². The third-order valence-corrected chi connectivity index (χ3v) is 8.86. The van der Waals surface area contributed by atoms with E-state index in [9.17, 15) is 14.3 Å². The normalized spacial score (nSPS) is 14.4. The molecule has 0 aromatic heterocycles. The lowest BCUT2D eigenvalue weighted by Crippen LogP contribution is -2.28. The van der Waals surface area contributed by atoms with E-state index in [1.165, 1.54) is 57.8 Å². The highest BCUT2D eigenvalue weighted by atomic mass is 31.2. The Kier molecular flexibility index (Phi) is 37.6. The van der Waals surface area contributed by atoms with Gasteiger partial charge in [0.1, 0.15) is 6.10 Å². The molecule has 0 saturated heterocycles. The number of ether oxygens (including phenoxy) is 2. The summed E-state index contributed by atoms with van der Waals surface area (Å²) < 4.78 is 33.2. The highest BCUT2D eigenvalue weighted by Crippen LogP contribution is 2.43. The molecule has 0 aliphatic carbocycles. The van der Waals surface area contributed by atoms with E-state index in [-0.39, 0.29) is 38.8 Å². The zero-order valence-electron chi connectivity index (χ0n) is 32.3. The Morgan fingerprint density at radius 2 is 1.10 bits per heavy atom. The molecule has 8 nitrogen and oxygen atoms in total. The van der Waals surface area contributed by atoms with E-state index in [1.807, 2.05) is 6.08 Å². The maximum Gasteiger partial charge on any atom is 0.472 e. The van der Waals surface area contributed by atoms with E-state index in [0.29, 0.717) is 13.0 Å². The van der Waals surface area contributed by atoms with Crippen molar-refractivity contribution in [1.29, 1.82) is 0 Å². The van der Waals surface area contributed by atoms with Gasteiger partial charge in [0.2, 0.25) is 0 Å². The van der Waals surface area contributed by atoms with Crippen LogP contribution in [0.5, 0.6) is 0 Å². The number of phosphoric ester groups is 1. The van der Waals surface area contributed by atoms with Gasteiger partial charge >= 0.3 is 13.8 Å². The summed E-state index contributed by atoms with van der Waals surface area (Å²) in [5.74, 6) is -0.367. The average molecular weight is 736 g/mol. The minimum Gasteiger partial charge on any atom is -0.457 e. The third-order valence-electron chi connectivity index (χ3n) is 7.88. The van der Waals surface area contributed by atoms with Gasteiger partial charge in [-0.2, -0.15) is 0 Å². The van der Waals surface area contributed by atoms with Crippen LogP contribution in [0.4, 0.5) is 0 Å². The molecule has 294 valence electrons. The topological polar surface area (TPSA) is 117 Å². The van der Waals surface area contributed by atoms with Crippen LogP contribution < -0.4 is 5.73 Å². The summed E-state index contributed by atoms with van der Waals surface area (Å²) in [5, 5.41) is 0. The molecule has 0 rings (SSSR count). The maximum absolute atomic E-state index is 12.5. The van der Waals surface area contributed by atoms with Crippen molar-refractivity contribution in [3.8, 4) is 0 Å². The standard InChI is InChI=1S/C42H74NO7P/c1-3-5-7-9-11-13-15-17-19-21-23-25-27-29-31-33-35-42(44)50-41(40-49-51(45,46)48-38-36-43)39-47-37-34-32-30-28-26-24-22-20-18-16-14-12-10-8-6-4-2/h6,8,12,14,18-21,24,26,30,32,41H,3-5,7,9-11,13,15-17,22-23,25,27-29,31,33-40,43H2,1-2H3,(H,45,46)/b8-6-,14-12-,20-18-,21-19-,26-24-,32-30-. The Labute approximate surface area is 312 Å². The summed E-state index contributed by atoms with van der Waals surface area (Å²) in [7, 11) is -4.30. The number of hydrogen-bond acceptors (Lipinski definition) is 7. The molecular formula is C42H74NO7P. The molecule has 0 heterocycles. The van der Waals surface area contributed by atoms with Crippen LogP contribution in [0, 0.1) is 0 Å². The molecule has 0 aliphatic heterocycles. The molecule has 51 heavy (non-hydrogen) atoms. The van der Waals surface area contributed by atoms with Crippen molar-refractivity contribution in [2.75, 3.05) is 33.0 Å². The summed E-state index contributed by atoms with van der Waals surface area (Å²) in [6.07, 6.45) is 48.0. The van der Waals surface area contributed by atoms with Crippen molar-refractivity contribution < 1.29 is 32.8 Å². The molecule has 2 atom stereocenters. The predicted molar refractivity (Wildman–Crippen MR) is 215 cm³/mol. The number of hydrogen-bond donors (Lipinski definition) is 2. The Balaban J connectivity index is 4.22. The molecule has 0 aromatic rings. The van der Waals surface area contributed by atoms with Gasteiger partial charge in [0.25, 0.3) is 0 Å². The Morgan fingerprint density at radius 3 is 1.65 bits per heavy atom. The fourth-order valence-corrected chi connectivity index (χ4v) is 5.76. The molecule has 0 amide bonds. The first-order valence-corrected chi connectivity index (χ1v) is 21.4. The summed E-state index contributed by atoms with van der Waals surface area (Å²) >= 11 is 0. The molecule has 2 unspecified atom stereocenters. The van der Waals surface area contributed by atoms with Crippen LogP contribution in [0.15, 0.2) is 72.9 Å².